The fourth-order valence-electron chi connectivity index (χ4n) is 3.61. The average molecular weight is 258 g/mol. The second-order valence-corrected chi connectivity index (χ2v) is 6.16. The van der Waals surface area contributed by atoms with Gasteiger partial charge < -0.3 is 10.2 Å². The number of piperidine rings is 1. The minimum absolute atomic E-state index is 0.785. The molecule has 1 fully saturated rings. The molecule has 19 heavy (non-hydrogen) atoms. The first-order valence-electron chi connectivity index (χ1n) is 7.87. The highest BCUT2D eigenvalue weighted by Gasteiger charge is 2.27. The molecule has 1 N–H and O–H groups in total. The Bertz CT molecular complexity index is 409. The number of likely N-dealkylation sites (N-methyl/N-ethyl adjacent to an activating group) is 1. The summed E-state index contributed by atoms with van der Waals surface area (Å²) in [6.45, 7) is 8.47. The predicted octanol–water partition coefficient (Wildman–Crippen LogP) is 2.65. The van der Waals surface area contributed by atoms with Gasteiger partial charge in [0.15, 0.2) is 0 Å². The third kappa shape index (κ3) is 3.01. The Balaban J connectivity index is 1.53. The summed E-state index contributed by atoms with van der Waals surface area (Å²) in [5, 5.41) is 3.53. The number of benzene rings is 1. The predicted molar refractivity (Wildman–Crippen MR) is 80.6 cm³/mol. The molecule has 2 atom stereocenters. The summed E-state index contributed by atoms with van der Waals surface area (Å²) in [6, 6.07) is 8.96. The first-order valence-corrected chi connectivity index (χ1v) is 7.87. The molecule has 2 nitrogen and oxygen atoms in total. The van der Waals surface area contributed by atoms with E-state index in [9.17, 15) is 0 Å². The van der Waals surface area contributed by atoms with E-state index in [2.05, 4.69) is 41.4 Å². The fourth-order valence-corrected chi connectivity index (χ4v) is 3.61. The van der Waals surface area contributed by atoms with Crippen molar-refractivity contribution < 1.29 is 0 Å². The maximum absolute atomic E-state index is 3.53. The Kier molecular flexibility index (Phi) is 4.19. The van der Waals surface area contributed by atoms with E-state index in [1.54, 1.807) is 11.1 Å². The zero-order valence-corrected chi connectivity index (χ0v) is 12.1. The van der Waals surface area contributed by atoms with Crippen molar-refractivity contribution in [2.75, 3.05) is 32.7 Å². The summed E-state index contributed by atoms with van der Waals surface area (Å²) in [6.07, 6.45) is 4.05. The number of hydrogen-bond acceptors (Lipinski definition) is 2. The van der Waals surface area contributed by atoms with Crippen molar-refractivity contribution >= 4 is 0 Å². The van der Waals surface area contributed by atoms with Crippen LogP contribution in [0.25, 0.3) is 0 Å². The molecule has 1 aromatic carbocycles. The van der Waals surface area contributed by atoms with Crippen LogP contribution in [0.5, 0.6) is 0 Å². The van der Waals surface area contributed by atoms with Gasteiger partial charge in [-0.05, 0) is 55.9 Å². The molecule has 1 aliphatic carbocycles. The molecule has 0 bridgehead atoms. The van der Waals surface area contributed by atoms with Crippen molar-refractivity contribution in [2.24, 2.45) is 5.92 Å². The Labute approximate surface area is 117 Å². The maximum Gasteiger partial charge on any atom is 0.00536 e. The summed E-state index contributed by atoms with van der Waals surface area (Å²) in [4.78, 5) is 2.66. The van der Waals surface area contributed by atoms with Crippen LogP contribution in [-0.4, -0.2) is 37.6 Å². The Morgan fingerprint density at radius 1 is 1.26 bits per heavy atom. The quantitative estimate of drug-likeness (QED) is 0.873. The SMILES string of the molecule is CCN(CC1CCCNC1)CC1Cc2ccccc21. The van der Waals surface area contributed by atoms with Gasteiger partial charge >= 0.3 is 0 Å². The van der Waals surface area contributed by atoms with Gasteiger partial charge in [0.25, 0.3) is 0 Å². The summed E-state index contributed by atoms with van der Waals surface area (Å²) in [5.41, 5.74) is 3.17. The van der Waals surface area contributed by atoms with Gasteiger partial charge in [-0.15, -0.1) is 0 Å². The molecule has 0 radical (unpaired) electrons. The van der Waals surface area contributed by atoms with E-state index in [1.807, 2.05) is 0 Å². The van der Waals surface area contributed by atoms with Crippen LogP contribution in [0.3, 0.4) is 0 Å². The Morgan fingerprint density at radius 3 is 2.89 bits per heavy atom. The first kappa shape index (κ1) is 13.1. The van der Waals surface area contributed by atoms with Crippen LogP contribution in [0.2, 0.25) is 0 Å². The van der Waals surface area contributed by atoms with E-state index in [-0.39, 0.29) is 0 Å². The Hall–Kier alpha value is -0.860. The van der Waals surface area contributed by atoms with E-state index in [0.29, 0.717) is 0 Å². The van der Waals surface area contributed by atoms with E-state index in [1.165, 1.54) is 52.0 Å². The highest BCUT2D eigenvalue weighted by Crippen LogP contribution is 2.35. The molecule has 0 saturated carbocycles. The van der Waals surface area contributed by atoms with Crippen LogP contribution in [0, 0.1) is 5.92 Å². The van der Waals surface area contributed by atoms with Crippen molar-refractivity contribution in [3.63, 3.8) is 0 Å². The number of fused-ring (bicyclic) bond motifs is 1. The molecule has 1 aliphatic heterocycles. The van der Waals surface area contributed by atoms with Crippen molar-refractivity contribution in [3.8, 4) is 0 Å². The van der Waals surface area contributed by atoms with Gasteiger partial charge in [0.1, 0.15) is 0 Å². The smallest absolute Gasteiger partial charge is 0.00536 e. The van der Waals surface area contributed by atoms with Crippen molar-refractivity contribution in [3.05, 3.63) is 35.4 Å². The number of nitrogens with one attached hydrogen (secondary N) is 1. The molecule has 0 aromatic heterocycles. The lowest BCUT2D eigenvalue weighted by atomic mass is 9.77. The lowest BCUT2D eigenvalue weighted by Gasteiger charge is -2.36. The van der Waals surface area contributed by atoms with E-state index >= 15 is 0 Å². The van der Waals surface area contributed by atoms with Gasteiger partial charge in [-0.3, -0.25) is 0 Å². The van der Waals surface area contributed by atoms with Gasteiger partial charge in [-0.2, -0.15) is 0 Å². The highest BCUT2D eigenvalue weighted by atomic mass is 15.1. The van der Waals surface area contributed by atoms with E-state index in [0.717, 1.165) is 11.8 Å². The molecule has 1 aromatic rings. The molecule has 3 rings (SSSR count). The fraction of sp³-hybridized carbons (Fsp3) is 0.647. The van der Waals surface area contributed by atoms with Gasteiger partial charge in [0.05, 0.1) is 0 Å². The zero-order chi connectivity index (χ0) is 13.1. The van der Waals surface area contributed by atoms with Gasteiger partial charge in [0.2, 0.25) is 0 Å². The summed E-state index contributed by atoms with van der Waals surface area (Å²) >= 11 is 0. The molecule has 0 spiro atoms. The second kappa shape index (κ2) is 6.06. The van der Waals surface area contributed by atoms with Gasteiger partial charge in [-0.25, -0.2) is 0 Å². The highest BCUT2D eigenvalue weighted by molar-refractivity contribution is 5.40. The normalized spacial score (nSPS) is 26.0. The molecule has 1 heterocycles. The molecule has 0 amide bonds. The van der Waals surface area contributed by atoms with Crippen LogP contribution in [-0.2, 0) is 6.42 Å². The van der Waals surface area contributed by atoms with Crippen LogP contribution in [0.1, 0.15) is 36.8 Å². The molecule has 2 unspecified atom stereocenters. The number of hydrogen-bond donors (Lipinski definition) is 1. The topological polar surface area (TPSA) is 15.3 Å². The van der Waals surface area contributed by atoms with Crippen molar-refractivity contribution in [1.29, 1.82) is 0 Å². The standard InChI is InChI=1S/C17H26N2/c1-2-19(12-14-6-5-9-18-11-14)13-16-10-15-7-3-4-8-17(15)16/h3-4,7-8,14,16,18H,2,5-6,9-13H2,1H3. The number of rotatable bonds is 5. The molecule has 2 aliphatic rings. The first-order chi connectivity index (χ1) is 9.36. The van der Waals surface area contributed by atoms with Crippen LogP contribution < -0.4 is 5.32 Å². The molecule has 1 saturated heterocycles. The largest absolute Gasteiger partial charge is 0.316 e. The Morgan fingerprint density at radius 2 is 2.16 bits per heavy atom. The minimum Gasteiger partial charge on any atom is -0.316 e. The third-order valence-corrected chi connectivity index (χ3v) is 4.80. The van der Waals surface area contributed by atoms with E-state index < -0.39 is 0 Å². The van der Waals surface area contributed by atoms with Crippen molar-refractivity contribution in [2.45, 2.75) is 32.1 Å². The summed E-state index contributed by atoms with van der Waals surface area (Å²) in [7, 11) is 0. The van der Waals surface area contributed by atoms with Crippen LogP contribution >= 0.6 is 0 Å². The molecular formula is C17H26N2. The second-order valence-electron chi connectivity index (χ2n) is 6.16. The minimum atomic E-state index is 0.785. The van der Waals surface area contributed by atoms with Crippen LogP contribution in [0.4, 0.5) is 0 Å². The number of nitrogens with zero attached hydrogens (tertiary/aromatic N) is 1. The maximum atomic E-state index is 3.53. The van der Waals surface area contributed by atoms with Crippen molar-refractivity contribution in [1.82, 2.24) is 10.2 Å². The molecular weight excluding hydrogens is 232 g/mol. The molecule has 2 heteroatoms. The monoisotopic (exact) mass is 258 g/mol. The average Bonchev–Trinajstić information content (AvgIpc) is 2.44. The summed E-state index contributed by atoms with van der Waals surface area (Å²) in [5.74, 6) is 1.65. The third-order valence-electron chi connectivity index (χ3n) is 4.80. The lowest BCUT2D eigenvalue weighted by Crippen LogP contribution is -2.41. The van der Waals surface area contributed by atoms with Gasteiger partial charge in [-0.1, -0.05) is 31.2 Å². The van der Waals surface area contributed by atoms with E-state index in [4.69, 9.17) is 0 Å². The van der Waals surface area contributed by atoms with Gasteiger partial charge in [0, 0.05) is 19.0 Å². The zero-order valence-electron chi connectivity index (χ0n) is 12.1. The lowest BCUT2D eigenvalue weighted by molar-refractivity contribution is 0.201. The summed E-state index contributed by atoms with van der Waals surface area (Å²) < 4.78 is 0. The molecule has 104 valence electrons. The van der Waals surface area contributed by atoms with Crippen LogP contribution in [0.15, 0.2) is 24.3 Å².